The highest BCUT2D eigenvalue weighted by Gasteiger charge is 2.17. The molecule has 0 saturated heterocycles. The van der Waals surface area contributed by atoms with Crippen LogP contribution >= 0.6 is 11.3 Å². The number of rotatable bonds is 6. The largest absolute Gasteiger partial charge is 0.459 e. The van der Waals surface area contributed by atoms with Gasteiger partial charge in [0.25, 0.3) is 5.91 Å². The number of para-hydroxylation sites is 1. The Morgan fingerprint density at radius 1 is 1.14 bits per heavy atom. The number of thiazole rings is 1. The van der Waals surface area contributed by atoms with Crippen molar-refractivity contribution < 1.29 is 18.7 Å². The quantitative estimate of drug-likeness (QED) is 0.474. The number of furan rings is 1. The Bertz CT molecular complexity index is 1120. The fraction of sp³-hybridized carbons (Fsp3) is 0.136. The molecule has 1 N–H and O–H groups in total. The number of esters is 1. The van der Waals surface area contributed by atoms with E-state index in [-0.39, 0.29) is 18.3 Å². The molecular formula is C22H18N2O4S. The Labute approximate surface area is 171 Å². The van der Waals surface area contributed by atoms with Gasteiger partial charge >= 0.3 is 5.97 Å². The van der Waals surface area contributed by atoms with Crippen LogP contribution in [0, 0.1) is 0 Å². The summed E-state index contributed by atoms with van der Waals surface area (Å²) in [5.41, 5.74) is 1.87. The Kier molecular flexibility index (Phi) is 5.39. The molecule has 0 aliphatic rings. The lowest BCUT2D eigenvalue weighted by Crippen LogP contribution is -2.31. The van der Waals surface area contributed by atoms with Crippen LogP contribution in [-0.4, -0.2) is 23.5 Å². The van der Waals surface area contributed by atoms with E-state index in [1.165, 1.54) is 11.3 Å². The number of ether oxygens (including phenoxy) is 1. The normalized spacial score (nSPS) is 11.9. The van der Waals surface area contributed by atoms with Crippen molar-refractivity contribution in [3.05, 3.63) is 77.5 Å². The zero-order valence-electron chi connectivity index (χ0n) is 15.6. The number of fused-ring (bicyclic) bond motifs is 1. The van der Waals surface area contributed by atoms with Gasteiger partial charge in [-0.2, -0.15) is 0 Å². The fourth-order valence-corrected chi connectivity index (χ4v) is 3.65. The van der Waals surface area contributed by atoms with Gasteiger partial charge in [0.15, 0.2) is 12.3 Å². The highest BCUT2D eigenvalue weighted by Crippen LogP contribution is 2.24. The first kappa shape index (κ1) is 18.9. The monoisotopic (exact) mass is 406 g/mol. The number of nitrogens with zero attached hydrogens (tertiary/aromatic N) is 1. The van der Waals surface area contributed by atoms with Crippen molar-refractivity contribution in [1.29, 1.82) is 0 Å². The Morgan fingerprint density at radius 2 is 1.90 bits per heavy atom. The first-order valence-electron chi connectivity index (χ1n) is 9.06. The lowest BCUT2D eigenvalue weighted by atomic mass is 10.2. The second-order valence-corrected chi connectivity index (χ2v) is 7.31. The third kappa shape index (κ3) is 4.35. The highest BCUT2D eigenvalue weighted by molar-refractivity contribution is 7.13. The van der Waals surface area contributed by atoms with Gasteiger partial charge in [-0.05, 0) is 19.1 Å². The molecule has 1 atom stereocenters. The molecule has 4 aromatic rings. The van der Waals surface area contributed by atoms with Crippen molar-refractivity contribution in [2.75, 3.05) is 6.61 Å². The van der Waals surface area contributed by atoms with E-state index in [4.69, 9.17) is 9.15 Å². The third-order valence-corrected chi connectivity index (χ3v) is 5.21. The molecule has 0 aliphatic carbocycles. The Morgan fingerprint density at radius 3 is 2.69 bits per heavy atom. The third-order valence-electron chi connectivity index (χ3n) is 4.32. The molecule has 0 unspecified atom stereocenters. The second-order valence-electron chi connectivity index (χ2n) is 6.46. The summed E-state index contributed by atoms with van der Waals surface area (Å²) >= 11 is 1.35. The van der Waals surface area contributed by atoms with Crippen LogP contribution in [0.25, 0.3) is 21.5 Å². The van der Waals surface area contributed by atoms with Gasteiger partial charge in [-0.25, -0.2) is 9.78 Å². The Balaban J connectivity index is 1.32. The van der Waals surface area contributed by atoms with E-state index in [0.717, 1.165) is 21.5 Å². The molecule has 0 saturated carbocycles. The van der Waals surface area contributed by atoms with E-state index in [1.54, 1.807) is 5.38 Å². The molecule has 2 aromatic heterocycles. The summed E-state index contributed by atoms with van der Waals surface area (Å²) in [7, 11) is 0. The van der Waals surface area contributed by atoms with Gasteiger partial charge in [0.05, 0.1) is 6.04 Å². The van der Waals surface area contributed by atoms with Crippen molar-refractivity contribution in [3.8, 4) is 10.6 Å². The van der Waals surface area contributed by atoms with Gasteiger partial charge in [0, 0.05) is 16.3 Å². The number of aromatic nitrogens is 1. The lowest BCUT2D eigenvalue weighted by molar-refractivity contribution is -0.125. The summed E-state index contributed by atoms with van der Waals surface area (Å²) in [6, 6.07) is 18.7. The van der Waals surface area contributed by atoms with Crippen LogP contribution in [0.3, 0.4) is 0 Å². The SMILES string of the molecule is C[C@H](NC(=O)COC(=O)c1csc(-c2ccccc2)n1)c1cc2ccccc2o1. The van der Waals surface area contributed by atoms with E-state index < -0.39 is 11.9 Å². The highest BCUT2D eigenvalue weighted by atomic mass is 32.1. The number of carbonyl (C=O) groups is 2. The van der Waals surface area contributed by atoms with E-state index in [2.05, 4.69) is 10.3 Å². The number of amides is 1. The van der Waals surface area contributed by atoms with Crippen molar-refractivity contribution in [3.63, 3.8) is 0 Å². The fourth-order valence-electron chi connectivity index (χ4n) is 2.86. The minimum absolute atomic E-state index is 0.187. The van der Waals surface area contributed by atoms with Crippen molar-refractivity contribution in [2.24, 2.45) is 0 Å². The average molecular weight is 406 g/mol. The number of hydrogen-bond donors (Lipinski definition) is 1. The summed E-state index contributed by atoms with van der Waals surface area (Å²) in [6.07, 6.45) is 0. The molecule has 0 spiro atoms. The molecule has 146 valence electrons. The molecule has 1 amide bonds. The smallest absolute Gasteiger partial charge is 0.358 e. The molecule has 29 heavy (non-hydrogen) atoms. The maximum absolute atomic E-state index is 12.2. The van der Waals surface area contributed by atoms with Crippen molar-refractivity contribution in [1.82, 2.24) is 10.3 Å². The molecule has 7 heteroatoms. The molecule has 6 nitrogen and oxygen atoms in total. The van der Waals surface area contributed by atoms with Crippen LogP contribution in [0.2, 0.25) is 0 Å². The standard InChI is InChI=1S/C22H18N2O4S/c1-14(19-11-16-9-5-6-10-18(16)28-19)23-20(25)12-27-22(26)17-13-29-21(24-17)15-7-3-2-4-8-15/h2-11,13-14H,12H2,1H3,(H,23,25)/t14-/m0/s1. The first-order valence-corrected chi connectivity index (χ1v) is 9.94. The zero-order chi connectivity index (χ0) is 20.2. The van der Waals surface area contributed by atoms with Gasteiger partial charge in [0.1, 0.15) is 16.4 Å². The second kappa shape index (κ2) is 8.28. The number of benzene rings is 2. The van der Waals surface area contributed by atoms with Crippen LogP contribution in [0.4, 0.5) is 0 Å². The molecule has 0 bridgehead atoms. The molecule has 0 aliphatic heterocycles. The van der Waals surface area contributed by atoms with E-state index >= 15 is 0 Å². The minimum Gasteiger partial charge on any atom is -0.459 e. The Hall–Kier alpha value is -3.45. The van der Waals surface area contributed by atoms with Crippen molar-refractivity contribution in [2.45, 2.75) is 13.0 Å². The van der Waals surface area contributed by atoms with E-state index in [1.807, 2.05) is 67.6 Å². The van der Waals surface area contributed by atoms with Gasteiger partial charge in [-0.1, -0.05) is 48.5 Å². The van der Waals surface area contributed by atoms with Crippen LogP contribution in [-0.2, 0) is 9.53 Å². The molecule has 4 rings (SSSR count). The average Bonchev–Trinajstić information content (AvgIpc) is 3.40. The van der Waals surface area contributed by atoms with E-state index in [9.17, 15) is 9.59 Å². The zero-order valence-corrected chi connectivity index (χ0v) is 16.4. The predicted octanol–water partition coefficient (Wildman–Crippen LogP) is 4.59. The molecule has 0 radical (unpaired) electrons. The van der Waals surface area contributed by atoms with Gasteiger partial charge in [-0.3, -0.25) is 4.79 Å². The predicted molar refractivity (Wildman–Crippen MR) is 111 cm³/mol. The summed E-state index contributed by atoms with van der Waals surface area (Å²) in [6.45, 7) is 1.42. The lowest BCUT2D eigenvalue weighted by Gasteiger charge is -2.11. The first-order chi connectivity index (χ1) is 14.1. The molecule has 2 aromatic carbocycles. The summed E-state index contributed by atoms with van der Waals surface area (Å²) in [5, 5.41) is 6.08. The van der Waals surface area contributed by atoms with Gasteiger partial charge < -0.3 is 14.5 Å². The summed E-state index contributed by atoms with van der Waals surface area (Å²) in [5.74, 6) is -0.405. The van der Waals surface area contributed by atoms with E-state index in [0.29, 0.717) is 5.76 Å². The maximum atomic E-state index is 12.2. The van der Waals surface area contributed by atoms with Crippen molar-refractivity contribution >= 4 is 34.2 Å². The van der Waals surface area contributed by atoms with Crippen LogP contribution in [0.15, 0.2) is 70.5 Å². The number of carbonyl (C=O) groups excluding carboxylic acids is 2. The summed E-state index contributed by atoms with van der Waals surface area (Å²) < 4.78 is 10.8. The molecule has 2 heterocycles. The number of nitrogens with one attached hydrogen (secondary N) is 1. The minimum atomic E-state index is -0.630. The molecule has 0 fully saturated rings. The van der Waals surface area contributed by atoms with Crippen LogP contribution < -0.4 is 5.32 Å². The molecular weight excluding hydrogens is 388 g/mol. The van der Waals surface area contributed by atoms with Crippen LogP contribution in [0.5, 0.6) is 0 Å². The van der Waals surface area contributed by atoms with Gasteiger partial charge in [-0.15, -0.1) is 11.3 Å². The topological polar surface area (TPSA) is 81.4 Å². The van der Waals surface area contributed by atoms with Crippen LogP contribution in [0.1, 0.15) is 29.2 Å². The maximum Gasteiger partial charge on any atom is 0.358 e. The summed E-state index contributed by atoms with van der Waals surface area (Å²) in [4.78, 5) is 28.6. The van der Waals surface area contributed by atoms with Gasteiger partial charge in [0.2, 0.25) is 0 Å². The number of hydrogen-bond acceptors (Lipinski definition) is 6.